The summed E-state index contributed by atoms with van der Waals surface area (Å²) in [6.07, 6.45) is 6.57. The monoisotopic (exact) mass is 179 g/mol. The number of hydrogen-bond donors (Lipinski definition) is 1. The molecule has 3 aliphatic carbocycles. The minimum absolute atomic E-state index is 0.0418. The molecule has 2 heteroatoms. The van der Waals surface area contributed by atoms with Crippen molar-refractivity contribution in [3.05, 3.63) is 0 Å². The van der Waals surface area contributed by atoms with Crippen molar-refractivity contribution in [2.75, 3.05) is 0 Å². The summed E-state index contributed by atoms with van der Waals surface area (Å²) in [7, 11) is 0. The fraction of sp³-hybridized carbons (Fsp3) is 0.909. The molecule has 3 aliphatic rings. The smallest absolute Gasteiger partial charge is 0.136 e. The second-order valence-electron chi connectivity index (χ2n) is 5.43. The average molecular weight is 179 g/mol. The lowest BCUT2D eigenvalue weighted by Crippen LogP contribution is -2.56. The van der Waals surface area contributed by atoms with E-state index in [0.29, 0.717) is 17.6 Å². The second kappa shape index (κ2) is 2.35. The molecule has 3 bridgehead atoms. The number of carbonyl (C=O) groups excluding carboxylic acids is 1. The van der Waals surface area contributed by atoms with E-state index in [9.17, 15) is 4.79 Å². The van der Waals surface area contributed by atoms with E-state index in [1.54, 1.807) is 0 Å². The molecule has 13 heavy (non-hydrogen) atoms. The minimum atomic E-state index is 0.0418. The van der Waals surface area contributed by atoms with Crippen molar-refractivity contribution >= 4 is 5.78 Å². The standard InChI is InChI=1S/C11H17NO/c12-11-2-1-7-4-10(13)9(6-11)3-8(7)5-11/h7-9H,1-6,12H2. The molecule has 72 valence electrons. The highest BCUT2D eigenvalue weighted by Crippen LogP contribution is 2.51. The van der Waals surface area contributed by atoms with Gasteiger partial charge in [-0.1, -0.05) is 0 Å². The van der Waals surface area contributed by atoms with Gasteiger partial charge in [-0.25, -0.2) is 0 Å². The van der Waals surface area contributed by atoms with E-state index in [1.807, 2.05) is 0 Å². The highest BCUT2D eigenvalue weighted by Gasteiger charge is 2.49. The van der Waals surface area contributed by atoms with Gasteiger partial charge in [0.1, 0.15) is 5.78 Å². The van der Waals surface area contributed by atoms with Gasteiger partial charge in [-0.3, -0.25) is 4.79 Å². The van der Waals surface area contributed by atoms with Crippen molar-refractivity contribution in [2.45, 2.75) is 44.1 Å². The summed E-state index contributed by atoms with van der Waals surface area (Å²) in [5, 5.41) is 0. The van der Waals surface area contributed by atoms with Crippen molar-refractivity contribution < 1.29 is 4.79 Å². The van der Waals surface area contributed by atoms with Crippen LogP contribution >= 0.6 is 0 Å². The Balaban J connectivity index is 1.96. The Kier molecular flexibility index (Phi) is 1.44. The first-order valence-electron chi connectivity index (χ1n) is 5.48. The SMILES string of the molecule is NC12CCC3CC(=O)C(CC3C1)C2. The van der Waals surface area contributed by atoms with Gasteiger partial charge in [0.25, 0.3) is 0 Å². The zero-order valence-electron chi connectivity index (χ0n) is 7.96. The molecular formula is C11H17NO. The van der Waals surface area contributed by atoms with Crippen LogP contribution < -0.4 is 5.73 Å². The van der Waals surface area contributed by atoms with Gasteiger partial charge in [0.2, 0.25) is 0 Å². The van der Waals surface area contributed by atoms with Crippen LogP contribution in [0.15, 0.2) is 0 Å². The Morgan fingerprint density at radius 2 is 2.15 bits per heavy atom. The Morgan fingerprint density at radius 1 is 1.31 bits per heavy atom. The van der Waals surface area contributed by atoms with E-state index in [-0.39, 0.29) is 5.54 Å². The molecule has 0 saturated heterocycles. The zero-order chi connectivity index (χ0) is 9.05. The number of hydrogen-bond acceptors (Lipinski definition) is 2. The maximum absolute atomic E-state index is 11.7. The van der Waals surface area contributed by atoms with Crippen LogP contribution in [0.4, 0.5) is 0 Å². The largest absolute Gasteiger partial charge is 0.325 e. The summed E-state index contributed by atoms with van der Waals surface area (Å²) in [6, 6.07) is 0. The molecule has 0 spiro atoms. The quantitative estimate of drug-likeness (QED) is 0.612. The van der Waals surface area contributed by atoms with E-state index >= 15 is 0 Å². The van der Waals surface area contributed by atoms with Gasteiger partial charge in [0, 0.05) is 17.9 Å². The Hall–Kier alpha value is -0.370. The fourth-order valence-corrected chi connectivity index (χ4v) is 3.84. The van der Waals surface area contributed by atoms with E-state index in [2.05, 4.69) is 0 Å². The van der Waals surface area contributed by atoms with Crippen molar-refractivity contribution in [1.29, 1.82) is 0 Å². The molecule has 2 N–H and O–H groups in total. The molecule has 0 radical (unpaired) electrons. The van der Waals surface area contributed by atoms with Crippen molar-refractivity contribution in [3.8, 4) is 0 Å². The molecule has 2 nitrogen and oxygen atoms in total. The summed E-state index contributed by atoms with van der Waals surface area (Å²) in [5.41, 5.74) is 6.34. The molecule has 0 aliphatic heterocycles. The Bertz CT molecular complexity index is 263. The van der Waals surface area contributed by atoms with E-state index < -0.39 is 0 Å². The summed E-state index contributed by atoms with van der Waals surface area (Å²) in [5.74, 6) is 2.33. The van der Waals surface area contributed by atoms with Crippen LogP contribution in [-0.2, 0) is 4.79 Å². The van der Waals surface area contributed by atoms with Crippen LogP contribution in [0, 0.1) is 17.8 Å². The van der Waals surface area contributed by atoms with Gasteiger partial charge in [0.15, 0.2) is 0 Å². The highest BCUT2D eigenvalue weighted by atomic mass is 16.1. The molecule has 3 fully saturated rings. The molecule has 0 aromatic heterocycles. The number of carbonyl (C=O) groups is 1. The van der Waals surface area contributed by atoms with Gasteiger partial charge in [-0.15, -0.1) is 0 Å². The molecule has 4 unspecified atom stereocenters. The first kappa shape index (κ1) is 7.98. The zero-order valence-corrected chi connectivity index (χ0v) is 7.96. The first-order valence-corrected chi connectivity index (χ1v) is 5.48. The molecule has 0 amide bonds. The molecule has 4 atom stereocenters. The lowest BCUT2D eigenvalue weighted by Gasteiger charge is -2.52. The normalized spacial score (nSPS) is 53.9. The molecule has 3 saturated carbocycles. The van der Waals surface area contributed by atoms with E-state index in [1.165, 1.54) is 12.8 Å². The number of nitrogens with two attached hydrogens (primary N) is 1. The Labute approximate surface area is 78.9 Å². The van der Waals surface area contributed by atoms with Crippen LogP contribution in [0.3, 0.4) is 0 Å². The minimum Gasteiger partial charge on any atom is -0.325 e. The number of rotatable bonds is 0. The van der Waals surface area contributed by atoms with Gasteiger partial charge in [-0.2, -0.15) is 0 Å². The summed E-state index contributed by atoms with van der Waals surface area (Å²) in [4.78, 5) is 11.7. The Morgan fingerprint density at radius 3 is 3.00 bits per heavy atom. The maximum Gasteiger partial charge on any atom is 0.136 e. The molecule has 0 aromatic rings. The van der Waals surface area contributed by atoms with Crippen molar-refractivity contribution in [2.24, 2.45) is 23.5 Å². The third-order valence-corrected chi connectivity index (χ3v) is 4.51. The molecular weight excluding hydrogens is 162 g/mol. The second-order valence-corrected chi connectivity index (χ2v) is 5.43. The maximum atomic E-state index is 11.7. The first-order chi connectivity index (χ1) is 6.16. The number of ketones is 1. The van der Waals surface area contributed by atoms with Gasteiger partial charge in [-0.05, 0) is 43.9 Å². The van der Waals surface area contributed by atoms with Gasteiger partial charge in [0.05, 0.1) is 0 Å². The van der Waals surface area contributed by atoms with Crippen molar-refractivity contribution in [3.63, 3.8) is 0 Å². The third kappa shape index (κ3) is 1.08. The molecule has 0 heterocycles. The fourth-order valence-electron chi connectivity index (χ4n) is 3.84. The van der Waals surface area contributed by atoms with Crippen LogP contribution in [-0.4, -0.2) is 11.3 Å². The highest BCUT2D eigenvalue weighted by molar-refractivity contribution is 5.82. The predicted molar refractivity (Wildman–Crippen MR) is 50.1 cm³/mol. The van der Waals surface area contributed by atoms with Crippen molar-refractivity contribution in [1.82, 2.24) is 0 Å². The summed E-state index contributed by atoms with van der Waals surface area (Å²) < 4.78 is 0. The van der Waals surface area contributed by atoms with Crippen LogP contribution in [0.1, 0.15) is 38.5 Å². The third-order valence-electron chi connectivity index (χ3n) is 4.51. The van der Waals surface area contributed by atoms with Crippen LogP contribution in [0.5, 0.6) is 0 Å². The lowest BCUT2D eigenvalue weighted by atomic mass is 9.54. The lowest BCUT2D eigenvalue weighted by molar-refractivity contribution is -0.134. The summed E-state index contributed by atoms with van der Waals surface area (Å²) in [6.45, 7) is 0. The topological polar surface area (TPSA) is 43.1 Å². The van der Waals surface area contributed by atoms with Crippen LogP contribution in [0.2, 0.25) is 0 Å². The number of Topliss-reactive ketones (excluding diaryl/α,β-unsaturated/α-hetero) is 1. The van der Waals surface area contributed by atoms with Crippen LogP contribution in [0.25, 0.3) is 0 Å². The molecule has 0 aromatic carbocycles. The summed E-state index contributed by atoms with van der Waals surface area (Å²) >= 11 is 0. The van der Waals surface area contributed by atoms with E-state index in [0.717, 1.165) is 31.6 Å². The predicted octanol–water partition coefficient (Wildman–Crippen LogP) is 1.48. The van der Waals surface area contributed by atoms with E-state index in [4.69, 9.17) is 5.73 Å². The van der Waals surface area contributed by atoms with Gasteiger partial charge < -0.3 is 5.73 Å². The molecule has 3 rings (SSSR count). The number of fused-ring (bicyclic) bond motifs is 2. The average Bonchev–Trinajstić information content (AvgIpc) is 2.07. The van der Waals surface area contributed by atoms with Gasteiger partial charge >= 0.3 is 0 Å².